The molecule has 1 aromatic carbocycles. The molecule has 0 saturated heterocycles. The number of carbonyl (C=O) groups is 1. The van der Waals surface area contributed by atoms with Crippen LogP contribution in [0.5, 0.6) is 0 Å². The van der Waals surface area contributed by atoms with Crippen LogP contribution in [0.4, 0.5) is 0 Å². The zero-order chi connectivity index (χ0) is 11.8. The smallest absolute Gasteiger partial charge is 0.278 e. The van der Waals surface area contributed by atoms with Crippen LogP contribution < -0.4 is 0 Å². The van der Waals surface area contributed by atoms with Crippen LogP contribution in [0, 0.1) is 0 Å². The first kappa shape index (κ1) is 9.96. The summed E-state index contributed by atoms with van der Waals surface area (Å²) in [5.41, 5.74) is 3.19. The highest BCUT2D eigenvalue weighted by atomic mass is 16.2. The Balaban J connectivity index is 2.08. The van der Waals surface area contributed by atoms with Crippen molar-refractivity contribution in [3.8, 4) is 11.3 Å². The molecule has 0 bridgehead atoms. The Kier molecular flexibility index (Phi) is 2.14. The molecule has 2 aromatic rings. The number of benzene rings is 1. The van der Waals surface area contributed by atoms with Crippen LogP contribution in [-0.4, -0.2) is 21.4 Å². The fraction of sp³-hybridized carbons (Fsp3) is 0.154. The van der Waals surface area contributed by atoms with Crippen LogP contribution in [0.25, 0.3) is 11.3 Å². The maximum absolute atomic E-state index is 11.8. The van der Waals surface area contributed by atoms with E-state index in [0.717, 1.165) is 17.0 Å². The Labute approximate surface area is 98.6 Å². The third kappa shape index (κ3) is 1.58. The first-order chi connectivity index (χ1) is 8.25. The van der Waals surface area contributed by atoms with E-state index in [9.17, 15) is 4.79 Å². The summed E-state index contributed by atoms with van der Waals surface area (Å²) < 4.78 is 1.45. The highest BCUT2D eigenvalue weighted by Crippen LogP contribution is 2.20. The summed E-state index contributed by atoms with van der Waals surface area (Å²) in [6.07, 6.45) is 0. The summed E-state index contributed by atoms with van der Waals surface area (Å²) >= 11 is 0. The molecule has 0 amide bonds. The molecule has 2 heterocycles. The van der Waals surface area contributed by atoms with Crippen LogP contribution >= 0.6 is 0 Å². The Bertz CT molecular complexity index is 611. The number of rotatable bonds is 1. The molecule has 4 heteroatoms. The van der Waals surface area contributed by atoms with Crippen molar-refractivity contribution in [2.45, 2.75) is 13.5 Å². The molecule has 17 heavy (non-hydrogen) atoms. The van der Waals surface area contributed by atoms with Gasteiger partial charge in [-0.05, 0) is 13.0 Å². The van der Waals surface area contributed by atoms with Gasteiger partial charge >= 0.3 is 0 Å². The largest absolute Gasteiger partial charge is 0.292 e. The lowest BCUT2D eigenvalue weighted by Crippen LogP contribution is -2.26. The molecule has 0 radical (unpaired) electrons. The summed E-state index contributed by atoms with van der Waals surface area (Å²) in [7, 11) is 0. The zero-order valence-corrected chi connectivity index (χ0v) is 9.42. The van der Waals surface area contributed by atoms with E-state index in [1.54, 1.807) is 6.92 Å². The topological polar surface area (TPSA) is 47.2 Å². The van der Waals surface area contributed by atoms with Crippen molar-refractivity contribution in [1.82, 2.24) is 9.78 Å². The third-order valence-electron chi connectivity index (χ3n) is 2.83. The molecule has 1 aliphatic heterocycles. The molecule has 0 aliphatic carbocycles. The fourth-order valence-electron chi connectivity index (χ4n) is 1.88. The molecule has 0 unspecified atom stereocenters. The molecule has 0 spiro atoms. The number of hydrogen-bond acceptors (Lipinski definition) is 3. The number of nitrogens with zero attached hydrogens (tertiary/aromatic N) is 3. The van der Waals surface area contributed by atoms with E-state index in [2.05, 4.69) is 10.1 Å². The van der Waals surface area contributed by atoms with Gasteiger partial charge in [-0.3, -0.25) is 9.79 Å². The summed E-state index contributed by atoms with van der Waals surface area (Å²) in [5.74, 6) is -0.131. The van der Waals surface area contributed by atoms with Crippen molar-refractivity contribution in [3.63, 3.8) is 0 Å². The quantitative estimate of drug-likeness (QED) is 0.746. The van der Waals surface area contributed by atoms with E-state index >= 15 is 0 Å². The van der Waals surface area contributed by atoms with Crippen molar-refractivity contribution >= 4 is 11.6 Å². The van der Waals surface area contributed by atoms with Gasteiger partial charge in [0.2, 0.25) is 0 Å². The van der Waals surface area contributed by atoms with Crippen molar-refractivity contribution in [2.24, 2.45) is 4.99 Å². The summed E-state index contributed by atoms with van der Waals surface area (Å²) in [4.78, 5) is 16.0. The Morgan fingerprint density at radius 1 is 1.24 bits per heavy atom. The number of aromatic nitrogens is 2. The maximum atomic E-state index is 11.8. The number of hydrogen-bond donors (Lipinski definition) is 0. The van der Waals surface area contributed by atoms with Crippen molar-refractivity contribution < 1.29 is 4.79 Å². The third-order valence-corrected chi connectivity index (χ3v) is 2.83. The molecular formula is C13H11N3O. The van der Waals surface area contributed by atoms with Crippen molar-refractivity contribution in [3.05, 3.63) is 42.1 Å². The fourth-order valence-corrected chi connectivity index (χ4v) is 1.88. The SMILES string of the molecule is CC1=NCc2cc(-c3ccccc3)nn2C1=O. The highest BCUT2D eigenvalue weighted by molar-refractivity contribution is 6.39. The molecule has 0 atom stereocenters. The monoisotopic (exact) mass is 225 g/mol. The minimum atomic E-state index is -0.131. The summed E-state index contributed by atoms with van der Waals surface area (Å²) in [5, 5.41) is 4.34. The zero-order valence-electron chi connectivity index (χ0n) is 9.42. The van der Waals surface area contributed by atoms with E-state index in [0.29, 0.717) is 12.3 Å². The normalized spacial score (nSPS) is 14.4. The highest BCUT2D eigenvalue weighted by Gasteiger charge is 2.20. The van der Waals surface area contributed by atoms with Gasteiger partial charge in [0, 0.05) is 5.56 Å². The van der Waals surface area contributed by atoms with Crippen molar-refractivity contribution in [1.29, 1.82) is 0 Å². The van der Waals surface area contributed by atoms with Gasteiger partial charge in [-0.15, -0.1) is 0 Å². The lowest BCUT2D eigenvalue weighted by molar-refractivity contribution is 0.0967. The van der Waals surface area contributed by atoms with E-state index in [1.165, 1.54) is 4.68 Å². The lowest BCUT2D eigenvalue weighted by Gasteiger charge is -2.08. The average molecular weight is 225 g/mol. The number of carbonyl (C=O) groups excluding carboxylic acids is 1. The molecule has 0 fully saturated rings. The second kappa shape index (κ2) is 3.66. The van der Waals surface area contributed by atoms with Gasteiger partial charge in [-0.2, -0.15) is 9.78 Å². The number of fused-ring (bicyclic) bond motifs is 1. The second-order valence-electron chi connectivity index (χ2n) is 4.01. The Morgan fingerprint density at radius 2 is 2.00 bits per heavy atom. The van der Waals surface area contributed by atoms with Crippen LogP contribution in [0.3, 0.4) is 0 Å². The van der Waals surface area contributed by atoms with Gasteiger partial charge in [0.25, 0.3) is 5.91 Å². The second-order valence-corrected chi connectivity index (χ2v) is 4.01. The van der Waals surface area contributed by atoms with Crippen LogP contribution in [-0.2, 0) is 6.54 Å². The Hall–Kier alpha value is -2.23. The predicted octanol–water partition coefficient (Wildman–Crippen LogP) is 2.16. The molecule has 0 N–H and O–H groups in total. The van der Waals surface area contributed by atoms with Crippen LogP contribution in [0.15, 0.2) is 41.4 Å². The molecule has 3 rings (SSSR count). The molecule has 0 saturated carbocycles. The minimum absolute atomic E-state index is 0.131. The molecule has 1 aromatic heterocycles. The first-order valence-electron chi connectivity index (χ1n) is 5.46. The van der Waals surface area contributed by atoms with Gasteiger partial charge in [-0.25, -0.2) is 0 Å². The molecular weight excluding hydrogens is 214 g/mol. The lowest BCUT2D eigenvalue weighted by atomic mass is 10.1. The molecule has 1 aliphatic rings. The summed E-state index contributed by atoms with van der Waals surface area (Å²) in [6.45, 7) is 2.24. The van der Waals surface area contributed by atoms with E-state index < -0.39 is 0 Å². The Morgan fingerprint density at radius 3 is 2.76 bits per heavy atom. The maximum Gasteiger partial charge on any atom is 0.292 e. The number of aliphatic imine (C=N–C) groups is 1. The average Bonchev–Trinajstić information content (AvgIpc) is 2.80. The van der Waals surface area contributed by atoms with Gasteiger partial charge < -0.3 is 0 Å². The minimum Gasteiger partial charge on any atom is -0.278 e. The van der Waals surface area contributed by atoms with Gasteiger partial charge in [0.05, 0.1) is 23.6 Å². The van der Waals surface area contributed by atoms with Gasteiger partial charge in [0.15, 0.2) is 0 Å². The first-order valence-corrected chi connectivity index (χ1v) is 5.46. The van der Waals surface area contributed by atoms with Gasteiger partial charge in [-0.1, -0.05) is 30.3 Å². The predicted molar refractivity (Wildman–Crippen MR) is 65.1 cm³/mol. The van der Waals surface area contributed by atoms with Gasteiger partial charge in [0.1, 0.15) is 0 Å². The van der Waals surface area contributed by atoms with E-state index in [4.69, 9.17) is 0 Å². The summed E-state index contributed by atoms with van der Waals surface area (Å²) in [6, 6.07) is 11.7. The van der Waals surface area contributed by atoms with Crippen LogP contribution in [0.1, 0.15) is 17.4 Å². The molecule has 84 valence electrons. The van der Waals surface area contributed by atoms with E-state index in [-0.39, 0.29) is 5.91 Å². The standard InChI is InChI=1S/C13H11N3O/c1-9-13(17)16-11(8-14-9)7-12(15-16)10-5-3-2-4-6-10/h2-7H,8H2,1H3. The van der Waals surface area contributed by atoms with Crippen molar-refractivity contribution in [2.75, 3.05) is 0 Å². The van der Waals surface area contributed by atoms with E-state index in [1.807, 2.05) is 36.4 Å². The molecule has 4 nitrogen and oxygen atoms in total. The van der Waals surface area contributed by atoms with Crippen LogP contribution in [0.2, 0.25) is 0 Å².